The predicted octanol–water partition coefficient (Wildman–Crippen LogP) is 6.96. The van der Waals surface area contributed by atoms with Crippen molar-refractivity contribution in [1.29, 1.82) is 0 Å². The number of aromatic hydroxyl groups is 1. The first kappa shape index (κ1) is 44.0. The number of hydrogen-bond acceptors (Lipinski definition) is 13. The van der Waals surface area contributed by atoms with E-state index < -0.39 is 29.3 Å². The number of carbonyl (C=O) groups is 5. The van der Waals surface area contributed by atoms with Crippen molar-refractivity contribution in [2.45, 2.75) is 13.3 Å². The average Bonchev–Trinajstić information content (AvgIpc) is 3.26. The van der Waals surface area contributed by atoms with Gasteiger partial charge in [0.05, 0.1) is 22.1 Å². The number of para-hydroxylation sites is 3. The van der Waals surface area contributed by atoms with Gasteiger partial charge in [0, 0.05) is 28.8 Å². The zero-order chi connectivity index (χ0) is 43.9. The largest absolute Gasteiger partial charge is 0.507 e. The molecule has 1 amide bonds. The van der Waals surface area contributed by atoms with Gasteiger partial charge in [0.15, 0.2) is 6.61 Å². The van der Waals surface area contributed by atoms with Crippen LogP contribution in [0.15, 0.2) is 133 Å². The van der Waals surface area contributed by atoms with E-state index in [0.717, 1.165) is 10.8 Å². The number of aromatic carboxylic acids is 1. The standard InChI is InChI=1S/C35H36N4O8.C11H8O3/c1-2-35(20-45-32(41)25-12-6-8-14-28(25)36,21-46-33(42)26-13-7-9-15-29(26)37)22-47-34(43)27-17-16-24(18-30(27)38)44-19-31(40)39-23-10-4-3-5-11-23;12-10-6-8-4-2-1-3-7(8)5-9(10)11(13)14/h3-18H,2,19-22,36-38H2,1H3,(H,39,40);1-6,12H,(H,13,14). The van der Waals surface area contributed by atoms with E-state index >= 15 is 0 Å². The second-order valence-corrected chi connectivity index (χ2v) is 13.7. The molecule has 0 aromatic heterocycles. The molecule has 0 bridgehead atoms. The molecule has 0 aliphatic rings. The molecule has 0 aliphatic carbocycles. The smallest absolute Gasteiger partial charge is 0.340 e. The van der Waals surface area contributed by atoms with E-state index in [0.29, 0.717) is 5.69 Å². The molecule has 0 fully saturated rings. The van der Waals surface area contributed by atoms with Crippen LogP contribution in [0.4, 0.5) is 22.7 Å². The molecule has 9 N–H and O–H groups in total. The minimum absolute atomic E-state index is 0.0409. The van der Waals surface area contributed by atoms with Crippen molar-refractivity contribution in [1.82, 2.24) is 0 Å². The number of carboxylic acids is 1. The number of ether oxygens (including phenoxy) is 4. The van der Waals surface area contributed by atoms with Crippen molar-refractivity contribution >= 4 is 63.3 Å². The van der Waals surface area contributed by atoms with Crippen LogP contribution in [0.5, 0.6) is 11.5 Å². The molecular formula is C46H44N4O11. The van der Waals surface area contributed by atoms with Gasteiger partial charge < -0.3 is 51.7 Å². The molecule has 6 aromatic carbocycles. The Morgan fingerprint density at radius 1 is 0.574 bits per heavy atom. The number of fused-ring (bicyclic) bond motifs is 1. The molecule has 0 aliphatic heterocycles. The van der Waals surface area contributed by atoms with Gasteiger partial charge in [0.1, 0.15) is 36.9 Å². The molecule has 6 rings (SSSR count). The molecule has 15 nitrogen and oxygen atoms in total. The first-order valence-electron chi connectivity index (χ1n) is 18.8. The number of carboxylic acid groups (broad SMARTS) is 1. The molecular weight excluding hydrogens is 785 g/mol. The van der Waals surface area contributed by atoms with Crippen molar-refractivity contribution < 1.29 is 53.1 Å². The number of hydrogen-bond donors (Lipinski definition) is 6. The lowest BCUT2D eigenvalue weighted by molar-refractivity contribution is -0.118. The van der Waals surface area contributed by atoms with Crippen LogP contribution in [-0.2, 0) is 19.0 Å². The summed E-state index contributed by atoms with van der Waals surface area (Å²) >= 11 is 0. The lowest BCUT2D eigenvalue weighted by atomic mass is 9.88. The third-order valence-corrected chi connectivity index (χ3v) is 9.40. The Morgan fingerprint density at radius 2 is 1.05 bits per heavy atom. The maximum absolute atomic E-state index is 13.2. The molecule has 61 heavy (non-hydrogen) atoms. The SMILES string of the molecule is CCC(COC(=O)c1ccccc1N)(COC(=O)c1ccccc1N)COC(=O)c1ccc(OCC(=O)Nc2ccccc2)cc1N.O=C(O)c1cc2ccccc2cc1O. The van der Waals surface area contributed by atoms with E-state index in [2.05, 4.69) is 5.32 Å². The van der Waals surface area contributed by atoms with Gasteiger partial charge in [-0.3, -0.25) is 4.79 Å². The second kappa shape index (κ2) is 20.6. The molecule has 0 radical (unpaired) electrons. The fourth-order valence-corrected chi connectivity index (χ4v) is 5.77. The van der Waals surface area contributed by atoms with Crippen LogP contribution in [0, 0.1) is 5.41 Å². The van der Waals surface area contributed by atoms with Gasteiger partial charge in [-0.05, 0) is 77.9 Å². The van der Waals surface area contributed by atoms with Crippen LogP contribution in [0.1, 0.15) is 54.8 Å². The Morgan fingerprint density at radius 3 is 1.54 bits per heavy atom. The zero-order valence-corrected chi connectivity index (χ0v) is 33.0. The van der Waals surface area contributed by atoms with Gasteiger partial charge in [-0.15, -0.1) is 0 Å². The van der Waals surface area contributed by atoms with Crippen LogP contribution in [0.3, 0.4) is 0 Å². The van der Waals surface area contributed by atoms with Crippen molar-refractivity contribution in [2.24, 2.45) is 5.41 Å². The lowest BCUT2D eigenvalue weighted by Gasteiger charge is -2.31. The van der Waals surface area contributed by atoms with E-state index in [1.165, 1.54) is 42.5 Å². The van der Waals surface area contributed by atoms with Crippen LogP contribution in [0.2, 0.25) is 0 Å². The Kier molecular flexibility index (Phi) is 14.8. The Hall–Kier alpha value is -8.07. The number of rotatable bonds is 15. The number of amides is 1. The summed E-state index contributed by atoms with van der Waals surface area (Å²) in [4.78, 5) is 61.8. The first-order valence-corrected chi connectivity index (χ1v) is 18.8. The summed E-state index contributed by atoms with van der Waals surface area (Å²) < 4.78 is 22.3. The van der Waals surface area contributed by atoms with Gasteiger partial charge >= 0.3 is 23.9 Å². The fourth-order valence-electron chi connectivity index (χ4n) is 5.77. The molecule has 0 spiro atoms. The first-order chi connectivity index (χ1) is 29.3. The van der Waals surface area contributed by atoms with E-state index in [-0.39, 0.29) is 89.6 Å². The zero-order valence-electron chi connectivity index (χ0n) is 33.0. The second-order valence-electron chi connectivity index (χ2n) is 13.7. The summed E-state index contributed by atoms with van der Waals surface area (Å²) in [5.41, 5.74) is 18.3. The quantitative estimate of drug-likeness (QED) is 0.0348. The normalized spacial score (nSPS) is 10.7. The fraction of sp³-hybridized carbons (Fsp3) is 0.152. The number of phenols is 1. The maximum Gasteiger partial charge on any atom is 0.340 e. The maximum atomic E-state index is 13.2. The Labute approximate surface area is 350 Å². The molecule has 6 aromatic rings. The summed E-state index contributed by atoms with van der Waals surface area (Å²) in [6, 6.07) is 36.2. The molecule has 0 atom stereocenters. The van der Waals surface area contributed by atoms with E-state index in [9.17, 15) is 29.1 Å². The highest BCUT2D eigenvalue weighted by Crippen LogP contribution is 2.29. The number of carbonyl (C=O) groups excluding carboxylic acids is 4. The van der Waals surface area contributed by atoms with Crippen LogP contribution < -0.4 is 27.3 Å². The predicted molar refractivity (Wildman–Crippen MR) is 229 cm³/mol. The molecule has 15 heteroatoms. The number of esters is 3. The van der Waals surface area contributed by atoms with Crippen molar-refractivity contribution in [3.63, 3.8) is 0 Å². The topological polar surface area (TPSA) is 253 Å². The van der Waals surface area contributed by atoms with E-state index in [1.54, 1.807) is 73.7 Å². The van der Waals surface area contributed by atoms with Crippen molar-refractivity contribution in [3.8, 4) is 11.5 Å². The molecule has 0 heterocycles. The molecule has 314 valence electrons. The van der Waals surface area contributed by atoms with Crippen molar-refractivity contribution in [3.05, 3.63) is 156 Å². The number of nitrogens with one attached hydrogen (secondary N) is 1. The van der Waals surface area contributed by atoms with Gasteiger partial charge in [-0.25, -0.2) is 19.2 Å². The minimum atomic E-state index is -1.14. The molecule has 0 saturated heterocycles. The monoisotopic (exact) mass is 828 g/mol. The van der Waals surface area contributed by atoms with Crippen LogP contribution in [-0.4, -0.2) is 66.4 Å². The van der Waals surface area contributed by atoms with Crippen molar-refractivity contribution in [2.75, 3.05) is 48.9 Å². The minimum Gasteiger partial charge on any atom is -0.507 e. The van der Waals surface area contributed by atoms with Crippen LogP contribution >= 0.6 is 0 Å². The van der Waals surface area contributed by atoms with Gasteiger partial charge in [0.2, 0.25) is 0 Å². The Balaban J connectivity index is 0.000000421. The lowest BCUT2D eigenvalue weighted by Crippen LogP contribution is -2.39. The summed E-state index contributed by atoms with van der Waals surface area (Å²) in [7, 11) is 0. The van der Waals surface area contributed by atoms with Gasteiger partial charge in [-0.2, -0.15) is 0 Å². The summed E-state index contributed by atoms with van der Waals surface area (Å²) in [6.45, 7) is 0.661. The number of nitrogen functional groups attached to an aromatic ring is 3. The molecule has 0 unspecified atom stereocenters. The number of nitrogens with two attached hydrogens (primary N) is 3. The van der Waals surface area contributed by atoms with E-state index in [4.69, 9.17) is 41.3 Å². The van der Waals surface area contributed by atoms with E-state index in [1.807, 2.05) is 24.3 Å². The highest BCUT2D eigenvalue weighted by Gasteiger charge is 2.35. The number of anilines is 4. The third-order valence-electron chi connectivity index (χ3n) is 9.40. The van der Waals surface area contributed by atoms with Gasteiger partial charge in [0.25, 0.3) is 5.91 Å². The molecule has 0 saturated carbocycles. The highest BCUT2D eigenvalue weighted by molar-refractivity contribution is 5.98. The summed E-state index contributed by atoms with van der Waals surface area (Å²) in [6.07, 6.45) is 0.280. The van der Waals surface area contributed by atoms with Gasteiger partial charge in [-0.1, -0.05) is 73.7 Å². The summed E-state index contributed by atoms with van der Waals surface area (Å²) in [5.74, 6) is -3.58. The average molecular weight is 829 g/mol. The Bertz CT molecular complexity index is 2470. The number of benzene rings is 6. The van der Waals surface area contributed by atoms with Crippen LogP contribution in [0.25, 0.3) is 10.8 Å². The summed E-state index contributed by atoms with van der Waals surface area (Å²) in [5, 5.41) is 22.5. The highest BCUT2D eigenvalue weighted by atomic mass is 16.6. The third kappa shape index (κ3) is 12.0.